The van der Waals surface area contributed by atoms with Crippen molar-refractivity contribution in [3.8, 4) is 5.75 Å². The van der Waals surface area contributed by atoms with Gasteiger partial charge in [-0.1, -0.05) is 19.9 Å². The van der Waals surface area contributed by atoms with E-state index in [2.05, 4.69) is 13.8 Å². The van der Waals surface area contributed by atoms with Crippen molar-refractivity contribution >= 4 is 0 Å². The van der Waals surface area contributed by atoms with Crippen LogP contribution in [0.25, 0.3) is 0 Å². The third-order valence-electron chi connectivity index (χ3n) is 3.27. The highest BCUT2D eigenvalue weighted by molar-refractivity contribution is 5.42. The lowest BCUT2D eigenvalue weighted by Gasteiger charge is -2.21. The molecule has 0 amide bonds. The van der Waals surface area contributed by atoms with Crippen molar-refractivity contribution in [2.75, 3.05) is 6.61 Å². The number of rotatable bonds is 4. The van der Waals surface area contributed by atoms with Gasteiger partial charge in [0.15, 0.2) is 0 Å². The average Bonchev–Trinajstić information content (AvgIpc) is 2.99. The van der Waals surface area contributed by atoms with Crippen molar-refractivity contribution in [1.82, 2.24) is 0 Å². The SMILES string of the molecule is CCOC1(c2ccc(O)cc2C(C)C)CC1. The second-order valence-corrected chi connectivity index (χ2v) is 4.85. The van der Waals surface area contributed by atoms with Crippen molar-refractivity contribution < 1.29 is 9.84 Å². The van der Waals surface area contributed by atoms with Crippen molar-refractivity contribution in [2.24, 2.45) is 0 Å². The summed E-state index contributed by atoms with van der Waals surface area (Å²) in [6.45, 7) is 7.09. The van der Waals surface area contributed by atoms with E-state index >= 15 is 0 Å². The van der Waals surface area contributed by atoms with Crippen LogP contribution in [0.1, 0.15) is 50.7 Å². The van der Waals surface area contributed by atoms with Gasteiger partial charge in [-0.3, -0.25) is 0 Å². The van der Waals surface area contributed by atoms with Crippen LogP contribution in [0.4, 0.5) is 0 Å². The Labute approximate surface area is 97.3 Å². The van der Waals surface area contributed by atoms with Gasteiger partial charge in [0, 0.05) is 6.61 Å². The molecule has 2 rings (SSSR count). The number of aromatic hydroxyl groups is 1. The summed E-state index contributed by atoms with van der Waals surface area (Å²) in [7, 11) is 0. The van der Waals surface area contributed by atoms with Gasteiger partial charge in [0.1, 0.15) is 5.75 Å². The molecule has 0 aliphatic heterocycles. The lowest BCUT2D eigenvalue weighted by Crippen LogP contribution is -2.14. The van der Waals surface area contributed by atoms with Crippen LogP contribution >= 0.6 is 0 Å². The third-order valence-corrected chi connectivity index (χ3v) is 3.27. The van der Waals surface area contributed by atoms with E-state index in [1.54, 1.807) is 6.07 Å². The van der Waals surface area contributed by atoms with Gasteiger partial charge in [-0.2, -0.15) is 0 Å². The molecule has 0 spiro atoms. The fourth-order valence-corrected chi connectivity index (χ4v) is 2.32. The van der Waals surface area contributed by atoms with E-state index in [0.29, 0.717) is 11.7 Å². The summed E-state index contributed by atoms with van der Waals surface area (Å²) in [6.07, 6.45) is 2.21. The average molecular weight is 220 g/mol. The molecule has 0 radical (unpaired) electrons. The Kier molecular flexibility index (Phi) is 2.94. The van der Waals surface area contributed by atoms with Crippen molar-refractivity contribution in [3.05, 3.63) is 29.3 Å². The quantitative estimate of drug-likeness (QED) is 0.841. The molecule has 0 unspecified atom stereocenters. The second-order valence-electron chi connectivity index (χ2n) is 4.85. The predicted molar refractivity (Wildman–Crippen MR) is 64.7 cm³/mol. The number of phenols is 1. The Hall–Kier alpha value is -1.02. The molecule has 1 aromatic carbocycles. The summed E-state index contributed by atoms with van der Waals surface area (Å²) in [5, 5.41) is 9.56. The molecular formula is C14H20O2. The predicted octanol–water partition coefficient (Wildman–Crippen LogP) is 3.54. The summed E-state index contributed by atoms with van der Waals surface area (Å²) >= 11 is 0. The molecule has 88 valence electrons. The second kappa shape index (κ2) is 4.10. The van der Waals surface area contributed by atoms with Crippen LogP contribution in [0.15, 0.2) is 18.2 Å². The first-order chi connectivity index (χ1) is 7.59. The van der Waals surface area contributed by atoms with E-state index in [1.807, 2.05) is 19.1 Å². The number of benzene rings is 1. The highest BCUT2D eigenvalue weighted by atomic mass is 16.5. The molecule has 0 aromatic heterocycles. The molecule has 2 heteroatoms. The van der Waals surface area contributed by atoms with Crippen LogP contribution < -0.4 is 0 Å². The van der Waals surface area contributed by atoms with Crippen molar-refractivity contribution in [1.29, 1.82) is 0 Å². The summed E-state index contributed by atoms with van der Waals surface area (Å²) in [4.78, 5) is 0. The van der Waals surface area contributed by atoms with Gasteiger partial charge >= 0.3 is 0 Å². The first-order valence-corrected chi connectivity index (χ1v) is 6.06. The first kappa shape index (κ1) is 11.5. The van der Waals surface area contributed by atoms with E-state index in [-0.39, 0.29) is 5.60 Å². The summed E-state index contributed by atoms with van der Waals surface area (Å²) in [5.74, 6) is 0.764. The fourth-order valence-electron chi connectivity index (χ4n) is 2.32. The van der Waals surface area contributed by atoms with E-state index in [4.69, 9.17) is 4.74 Å². The van der Waals surface area contributed by atoms with Crippen LogP contribution in [0, 0.1) is 0 Å². The molecule has 2 nitrogen and oxygen atoms in total. The van der Waals surface area contributed by atoms with Crippen LogP contribution in [-0.2, 0) is 10.3 Å². The smallest absolute Gasteiger partial charge is 0.115 e. The zero-order valence-corrected chi connectivity index (χ0v) is 10.3. The Morgan fingerprint density at radius 3 is 2.56 bits per heavy atom. The number of phenolic OH excluding ortho intramolecular Hbond substituents is 1. The molecule has 1 aliphatic carbocycles. The molecular weight excluding hydrogens is 200 g/mol. The molecule has 0 heterocycles. The highest BCUT2D eigenvalue weighted by Gasteiger charge is 2.46. The zero-order valence-electron chi connectivity index (χ0n) is 10.3. The molecule has 16 heavy (non-hydrogen) atoms. The topological polar surface area (TPSA) is 29.5 Å². The van der Waals surface area contributed by atoms with Crippen LogP contribution in [0.5, 0.6) is 5.75 Å². The Balaban J connectivity index is 2.40. The van der Waals surface area contributed by atoms with E-state index < -0.39 is 0 Å². The fraction of sp³-hybridized carbons (Fsp3) is 0.571. The van der Waals surface area contributed by atoms with Gasteiger partial charge in [0.2, 0.25) is 0 Å². The molecule has 1 N–H and O–H groups in total. The monoisotopic (exact) mass is 220 g/mol. The Morgan fingerprint density at radius 1 is 1.38 bits per heavy atom. The van der Waals surface area contributed by atoms with E-state index in [1.165, 1.54) is 11.1 Å². The number of ether oxygens (including phenoxy) is 1. The molecule has 0 atom stereocenters. The summed E-state index contributed by atoms with van der Waals surface area (Å²) in [5.41, 5.74) is 2.43. The maximum absolute atomic E-state index is 9.56. The largest absolute Gasteiger partial charge is 0.508 e. The molecule has 1 saturated carbocycles. The van der Waals surface area contributed by atoms with Crippen molar-refractivity contribution in [2.45, 2.75) is 45.1 Å². The highest BCUT2D eigenvalue weighted by Crippen LogP contribution is 2.51. The number of hydrogen-bond acceptors (Lipinski definition) is 2. The number of hydrogen-bond donors (Lipinski definition) is 1. The standard InChI is InChI=1S/C14H20O2/c1-4-16-14(7-8-14)13-6-5-11(15)9-12(13)10(2)3/h5-6,9-10,15H,4,7-8H2,1-3H3. The van der Waals surface area contributed by atoms with Crippen LogP contribution in [-0.4, -0.2) is 11.7 Å². The molecule has 1 aliphatic rings. The Morgan fingerprint density at radius 2 is 2.06 bits per heavy atom. The van der Waals surface area contributed by atoms with E-state index in [0.717, 1.165) is 19.4 Å². The van der Waals surface area contributed by atoms with Gasteiger partial charge in [-0.05, 0) is 48.9 Å². The summed E-state index contributed by atoms with van der Waals surface area (Å²) < 4.78 is 5.88. The summed E-state index contributed by atoms with van der Waals surface area (Å²) in [6, 6.07) is 5.66. The first-order valence-electron chi connectivity index (χ1n) is 6.06. The molecule has 1 fully saturated rings. The molecule has 1 aromatic rings. The van der Waals surface area contributed by atoms with Crippen LogP contribution in [0.2, 0.25) is 0 Å². The molecule has 0 bridgehead atoms. The zero-order chi connectivity index (χ0) is 11.8. The lowest BCUT2D eigenvalue weighted by molar-refractivity contribution is 0.0387. The Bertz CT molecular complexity index is 378. The minimum absolute atomic E-state index is 0.0535. The lowest BCUT2D eigenvalue weighted by atomic mass is 9.92. The molecule has 0 saturated heterocycles. The maximum Gasteiger partial charge on any atom is 0.115 e. The van der Waals surface area contributed by atoms with Gasteiger partial charge in [0.05, 0.1) is 5.60 Å². The van der Waals surface area contributed by atoms with E-state index in [9.17, 15) is 5.11 Å². The minimum Gasteiger partial charge on any atom is -0.508 e. The van der Waals surface area contributed by atoms with Crippen LogP contribution in [0.3, 0.4) is 0 Å². The third kappa shape index (κ3) is 1.94. The van der Waals surface area contributed by atoms with Gasteiger partial charge < -0.3 is 9.84 Å². The maximum atomic E-state index is 9.56. The normalized spacial score (nSPS) is 17.8. The van der Waals surface area contributed by atoms with Crippen molar-refractivity contribution in [3.63, 3.8) is 0 Å². The van der Waals surface area contributed by atoms with Gasteiger partial charge in [-0.25, -0.2) is 0 Å². The van der Waals surface area contributed by atoms with Gasteiger partial charge in [-0.15, -0.1) is 0 Å². The van der Waals surface area contributed by atoms with Gasteiger partial charge in [0.25, 0.3) is 0 Å². The minimum atomic E-state index is -0.0535.